The highest BCUT2D eigenvalue weighted by Gasteiger charge is 2.32. The van der Waals surface area contributed by atoms with Crippen molar-refractivity contribution in [1.82, 2.24) is 9.80 Å². The number of halogens is 2. The van der Waals surface area contributed by atoms with E-state index in [0.717, 1.165) is 11.1 Å². The average molecular weight is 685 g/mol. The highest BCUT2D eigenvalue weighted by atomic mass is 79.9. The highest BCUT2D eigenvalue weighted by molar-refractivity contribution is 9.10. The summed E-state index contributed by atoms with van der Waals surface area (Å²) in [5.41, 5.74) is 2.92. The zero-order chi connectivity index (χ0) is 30.3. The number of thioether (sulfide) groups is 1. The lowest BCUT2D eigenvalue weighted by atomic mass is 10.1. The van der Waals surface area contributed by atoms with Gasteiger partial charge in [0.1, 0.15) is 6.61 Å². The number of hydrogen-bond donors (Lipinski definition) is 0. The maximum absolute atomic E-state index is 13.4. The number of carbonyl (C=O) groups is 2. The molecule has 3 aromatic carbocycles. The molecule has 2 aliphatic rings. The van der Waals surface area contributed by atoms with Gasteiger partial charge in [-0.2, -0.15) is 0 Å². The van der Waals surface area contributed by atoms with E-state index in [1.807, 2.05) is 68.5 Å². The van der Waals surface area contributed by atoms with Crippen molar-refractivity contribution in [3.8, 4) is 11.5 Å². The Bertz CT molecular complexity index is 1560. The van der Waals surface area contributed by atoms with Gasteiger partial charge in [-0.1, -0.05) is 29.8 Å². The number of rotatable bonds is 9. The molecule has 5 rings (SSSR count). The smallest absolute Gasteiger partial charge is 0.266 e. The number of amides is 2. The quantitative estimate of drug-likeness (QED) is 0.222. The lowest BCUT2D eigenvalue weighted by Crippen LogP contribution is -2.40. The predicted octanol–water partition coefficient (Wildman–Crippen LogP) is 7.18. The molecule has 3 aromatic rings. The molecule has 2 heterocycles. The van der Waals surface area contributed by atoms with E-state index in [9.17, 15) is 9.59 Å². The van der Waals surface area contributed by atoms with E-state index in [1.54, 1.807) is 21.9 Å². The van der Waals surface area contributed by atoms with Crippen LogP contribution in [0.2, 0.25) is 5.02 Å². The first-order chi connectivity index (χ1) is 20.9. The number of benzene rings is 3. The molecular weight excluding hydrogens is 654 g/mol. The van der Waals surface area contributed by atoms with E-state index in [0.29, 0.717) is 88.4 Å². The molecule has 224 valence electrons. The van der Waals surface area contributed by atoms with Crippen LogP contribution in [-0.4, -0.2) is 66.2 Å². The zero-order valence-electron chi connectivity index (χ0n) is 23.8. The van der Waals surface area contributed by atoms with Crippen LogP contribution >= 0.6 is 39.3 Å². The monoisotopic (exact) mass is 683 g/mol. The van der Waals surface area contributed by atoms with E-state index in [-0.39, 0.29) is 11.8 Å². The summed E-state index contributed by atoms with van der Waals surface area (Å²) in [7, 11) is 0. The van der Waals surface area contributed by atoms with Crippen LogP contribution < -0.4 is 9.47 Å². The first-order valence-electron chi connectivity index (χ1n) is 14.0. The Morgan fingerprint density at radius 1 is 1.09 bits per heavy atom. The van der Waals surface area contributed by atoms with Gasteiger partial charge in [0.05, 0.1) is 34.9 Å². The SMILES string of the molecule is CCOc1cc(/C=C2/SC(=Nc3cccc(C(=O)N4CCOCC4)c3)N(CC)C2=O)cc(Br)c1OCc1ccc(Cl)cc1. The number of hydrogen-bond acceptors (Lipinski definition) is 7. The van der Waals surface area contributed by atoms with Crippen molar-refractivity contribution in [1.29, 1.82) is 0 Å². The number of carbonyl (C=O) groups excluding carboxylic acids is 2. The van der Waals surface area contributed by atoms with Crippen LogP contribution in [0.1, 0.15) is 35.3 Å². The van der Waals surface area contributed by atoms with Gasteiger partial charge in [0.2, 0.25) is 0 Å². The Morgan fingerprint density at radius 3 is 2.58 bits per heavy atom. The number of aliphatic imine (C=N–C) groups is 1. The van der Waals surface area contributed by atoms with Crippen molar-refractivity contribution in [2.45, 2.75) is 20.5 Å². The van der Waals surface area contributed by atoms with Crippen molar-refractivity contribution in [2.24, 2.45) is 4.99 Å². The van der Waals surface area contributed by atoms with Crippen LogP contribution in [0.5, 0.6) is 11.5 Å². The predicted molar refractivity (Wildman–Crippen MR) is 174 cm³/mol. The van der Waals surface area contributed by atoms with Crippen molar-refractivity contribution in [3.05, 3.63) is 91.8 Å². The fourth-order valence-corrected chi connectivity index (χ4v) is 6.36. The molecule has 43 heavy (non-hydrogen) atoms. The molecule has 8 nitrogen and oxygen atoms in total. The third-order valence-corrected chi connectivity index (χ3v) is 8.59. The molecule has 0 aliphatic carbocycles. The molecule has 0 unspecified atom stereocenters. The highest BCUT2D eigenvalue weighted by Crippen LogP contribution is 2.40. The second kappa shape index (κ2) is 14.4. The molecular formula is C32H31BrClN3O5S. The Kier molecular flexibility index (Phi) is 10.5. The van der Waals surface area contributed by atoms with Gasteiger partial charge >= 0.3 is 0 Å². The molecule has 2 amide bonds. The number of amidine groups is 1. The summed E-state index contributed by atoms with van der Waals surface area (Å²) in [5.74, 6) is 0.957. The maximum atomic E-state index is 13.4. The molecule has 0 atom stereocenters. The number of nitrogens with zero attached hydrogens (tertiary/aromatic N) is 3. The van der Waals surface area contributed by atoms with E-state index < -0.39 is 0 Å². The third kappa shape index (κ3) is 7.62. The summed E-state index contributed by atoms with van der Waals surface area (Å²) in [6.45, 7) is 7.27. The Balaban J connectivity index is 1.37. The molecule has 2 fully saturated rings. The number of ether oxygens (including phenoxy) is 3. The standard InChI is InChI=1S/C32H31BrClN3O5S/c1-3-37-31(39)28(43-32(37)35-25-7-5-6-23(19-25)30(38)36-12-14-40-15-13-36)18-22-16-26(33)29(27(17-22)41-4-2)42-20-21-8-10-24(34)11-9-21/h5-11,16-19H,3-4,12-15,20H2,1-2H3/b28-18+,35-32?. The van der Waals surface area contributed by atoms with Crippen molar-refractivity contribution in [2.75, 3.05) is 39.5 Å². The van der Waals surface area contributed by atoms with Crippen LogP contribution in [-0.2, 0) is 16.1 Å². The molecule has 0 saturated carbocycles. The third-order valence-electron chi connectivity index (χ3n) is 6.75. The second-order valence-electron chi connectivity index (χ2n) is 9.69. The summed E-state index contributed by atoms with van der Waals surface area (Å²) in [6.07, 6.45) is 1.83. The maximum Gasteiger partial charge on any atom is 0.266 e. The zero-order valence-corrected chi connectivity index (χ0v) is 27.0. The van der Waals surface area contributed by atoms with E-state index in [1.165, 1.54) is 11.8 Å². The van der Waals surface area contributed by atoms with Crippen LogP contribution in [0.15, 0.2) is 75.0 Å². The lowest BCUT2D eigenvalue weighted by Gasteiger charge is -2.26. The molecule has 0 spiro atoms. The molecule has 0 bridgehead atoms. The minimum Gasteiger partial charge on any atom is -0.490 e. The van der Waals surface area contributed by atoms with Crippen molar-refractivity contribution in [3.63, 3.8) is 0 Å². The van der Waals surface area contributed by atoms with Gasteiger partial charge in [0, 0.05) is 30.2 Å². The largest absolute Gasteiger partial charge is 0.490 e. The molecule has 11 heteroatoms. The van der Waals surface area contributed by atoms with Crippen molar-refractivity contribution >= 4 is 68.0 Å². The number of likely N-dealkylation sites (N-methyl/N-ethyl adjacent to an activating group) is 1. The van der Waals surface area contributed by atoms with Crippen molar-refractivity contribution < 1.29 is 23.8 Å². The molecule has 2 aliphatic heterocycles. The first-order valence-corrected chi connectivity index (χ1v) is 16.0. The first kappa shape index (κ1) is 31.1. The van der Waals surface area contributed by atoms with Gasteiger partial charge in [-0.15, -0.1) is 0 Å². The summed E-state index contributed by atoms with van der Waals surface area (Å²) >= 11 is 10.9. The number of morpholine rings is 1. The lowest BCUT2D eigenvalue weighted by molar-refractivity contribution is -0.122. The fourth-order valence-electron chi connectivity index (χ4n) is 4.60. The molecule has 0 aromatic heterocycles. The Morgan fingerprint density at radius 2 is 1.86 bits per heavy atom. The van der Waals surface area contributed by atoms with Crippen LogP contribution in [0.25, 0.3) is 6.08 Å². The average Bonchev–Trinajstić information content (AvgIpc) is 3.30. The summed E-state index contributed by atoms with van der Waals surface area (Å²) in [5, 5.41) is 1.22. The minimum atomic E-state index is -0.135. The van der Waals surface area contributed by atoms with Crippen LogP contribution in [0.3, 0.4) is 0 Å². The van der Waals surface area contributed by atoms with Crippen LogP contribution in [0.4, 0.5) is 5.69 Å². The molecule has 2 saturated heterocycles. The fraction of sp³-hybridized carbons (Fsp3) is 0.281. The second-order valence-corrected chi connectivity index (χ2v) is 12.0. The van der Waals surface area contributed by atoms with E-state index in [4.69, 9.17) is 30.8 Å². The van der Waals surface area contributed by atoms with Gasteiger partial charge < -0.3 is 19.1 Å². The van der Waals surface area contributed by atoms with Gasteiger partial charge in [0.15, 0.2) is 16.7 Å². The van der Waals surface area contributed by atoms with Gasteiger partial charge in [0.25, 0.3) is 11.8 Å². The van der Waals surface area contributed by atoms with Crippen LogP contribution in [0, 0.1) is 0 Å². The topological polar surface area (TPSA) is 80.7 Å². The normalized spacial score (nSPS) is 17.2. The van der Waals surface area contributed by atoms with Gasteiger partial charge in [-0.3, -0.25) is 14.5 Å². The van der Waals surface area contributed by atoms with Gasteiger partial charge in [-0.25, -0.2) is 4.99 Å². The molecule has 0 radical (unpaired) electrons. The van der Waals surface area contributed by atoms with Gasteiger partial charge in [-0.05, 0) is 101 Å². The minimum absolute atomic E-state index is 0.0512. The Labute approximate surface area is 268 Å². The van der Waals surface area contributed by atoms with E-state index in [2.05, 4.69) is 15.9 Å². The summed E-state index contributed by atoms with van der Waals surface area (Å²) < 4.78 is 18.1. The summed E-state index contributed by atoms with van der Waals surface area (Å²) in [6, 6.07) is 18.4. The van der Waals surface area contributed by atoms with E-state index >= 15 is 0 Å². The Hall–Kier alpha value is -3.31. The molecule has 0 N–H and O–H groups in total. The summed E-state index contributed by atoms with van der Waals surface area (Å²) in [4.78, 5) is 35.1.